The molecule has 1 heterocycles. The first-order chi connectivity index (χ1) is 14.1. The number of carbonyl (C=O) groups is 2. The van der Waals surface area contributed by atoms with E-state index in [0.29, 0.717) is 31.2 Å². The number of piperazine rings is 1. The van der Waals surface area contributed by atoms with Crippen LogP contribution in [0.4, 0.5) is 0 Å². The van der Waals surface area contributed by atoms with E-state index in [1.54, 1.807) is 4.90 Å². The molecule has 1 aliphatic carbocycles. The number of aliphatic imine (C=N–C) groups is 1. The lowest BCUT2D eigenvalue weighted by Crippen LogP contribution is -2.49. The molecule has 0 aromatic heterocycles. The van der Waals surface area contributed by atoms with Crippen molar-refractivity contribution in [2.45, 2.75) is 44.0 Å². The highest BCUT2D eigenvalue weighted by atomic mass is 32.2. The first kappa shape index (κ1) is 21.5. The third-order valence-electron chi connectivity index (χ3n) is 5.35. The number of benzene rings is 1. The van der Waals surface area contributed by atoms with Gasteiger partial charge in [0.2, 0.25) is 5.91 Å². The van der Waals surface area contributed by atoms with E-state index < -0.39 is 0 Å². The molecule has 2 aliphatic rings. The van der Waals surface area contributed by atoms with E-state index in [-0.39, 0.29) is 18.4 Å². The maximum absolute atomic E-state index is 12.5. The van der Waals surface area contributed by atoms with Crippen molar-refractivity contribution in [1.82, 2.24) is 20.9 Å². The highest BCUT2D eigenvalue weighted by molar-refractivity contribution is 7.99. The summed E-state index contributed by atoms with van der Waals surface area (Å²) in [5, 5.41) is 10.4. The standard InChI is InChI=1S/C21H31N5O2S/c1-3-22-21(25-17-8-9-18(12-17)29-2)24-13-15-4-6-16(7-5-15)20(28)26-11-10-23-19(27)14-26/h4-7,17-18H,3,8-14H2,1-2H3,(H,23,27)(H2,22,24,25). The van der Waals surface area contributed by atoms with Crippen molar-refractivity contribution >= 4 is 29.5 Å². The van der Waals surface area contributed by atoms with Crippen LogP contribution in [0.15, 0.2) is 29.3 Å². The van der Waals surface area contributed by atoms with E-state index in [1.165, 1.54) is 19.3 Å². The summed E-state index contributed by atoms with van der Waals surface area (Å²) in [4.78, 5) is 30.3. The van der Waals surface area contributed by atoms with E-state index in [1.807, 2.05) is 36.0 Å². The summed E-state index contributed by atoms with van der Waals surface area (Å²) in [6.07, 6.45) is 5.80. The summed E-state index contributed by atoms with van der Waals surface area (Å²) < 4.78 is 0. The molecule has 2 atom stereocenters. The zero-order valence-electron chi connectivity index (χ0n) is 17.2. The third kappa shape index (κ3) is 6.13. The van der Waals surface area contributed by atoms with Gasteiger partial charge in [0.15, 0.2) is 5.96 Å². The molecule has 7 nitrogen and oxygen atoms in total. The Balaban J connectivity index is 1.57. The number of amides is 2. The number of rotatable bonds is 6. The molecular weight excluding hydrogens is 386 g/mol. The van der Waals surface area contributed by atoms with Crippen LogP contribution in [0.3, 0.4) is 0 Å². The number of carbonyl (C=O) groups excluding carboxylic acids is 2. The lowest BCUT2D eigenvalue weighted by molar-refractivity contribution is -0.123. The van der Waals surface area contributed by atoms with Crippen LogP contribution >= 0.6 is 11.8 Å². The van der Waals surface area contributed by atoms with Crippen LogP contribution in [-0.4, -0.2) is 66.4 Å². The Bertz CT molecular complexity index is 737. The highest BCUT2D eigenvalue weighted by Gasteiger charge is 2.24. The van der Waals surface area contributed by atoms with Crippen molar-refractivity contribution in [3.63, 3.8) is 0 Å². The van der Waals surface area contributed by atoms with Crippen molar-refractivity contribution in [1.29, 1.82) is 0 Å². The second-order valence-electron chi connectivity index (χ2n) is 7.48. The number of hydrogen-bond acceptors (Lipinski definition) is 4. The van der Waals surface area contributed by atoms with Gasteiger partial charge in [-0.2, -0.15) is 11.8 Å². The molecule has 1 saturated carbocycles. The number of nitrogens with one attached hydrogen (secondary N) is 3. The first-order valence-electron chi connectivity index (χ1n) is 10.3. The van der Waals surface area contributed by atoms with Gasteiger partial charge in [-0.1, -0.05) is 12.1 Å². The topological polar surface area (TPSA) is 85.8 Å². The molecule has 29 heavy (non-hydrogen) atoms. The van der Waals surface area contributed by atoms with Gasteiger partial charge < -0.3 is 20.9 Å². The lowest BCUT2D eigenvalue weighted by Gasteiger charge is -2.26. The Labute approximate surface area is 177 Å². The van der Waals surface area contributed by atoms with E-state index in [9.17, 15) is 9.59 Å². The monoisotopic (exact) mass is 417 g/mol. The fourth-order valence-electron chi connectivity index (χ4n) is 3.72. The Morgan fingerprint density at radius 2 is 2.10 bits per heavy atom. The molecule has 1 aliphatic heterocycles. The van der Waals surface area contributed by atoms with Gasteiger partial charge in [-0.15, -0.1) is 0 Å². The average molecular weight is 418 g/mol. The molecule has 2 unspecified atom stereocenters. The number of thioether (sulfide) groups is 1. The van der Waals surface area contributed by atoms with Crippen molar-refractivity contribution in [2.24, 2.45) is 4.99 Å². The van der Waals surface area contributed by atoms with Gasteiger partial charge in [0.1, 0.15) is 0 Å². The number of hydrogen-bond donors (Lipinski definition) is 3. The Hall–Kier alpha value is -2.22. The van der Waals surface area contributed by atoms with Gasteiger partial charge in [0, 0.05) is 36.5 Å². The minimum atomic E-state index is -0.106. The summed E-state index contributed by atoms with van der Waals surface area (Å²) >= 11 is 1.95. The maximum Gasteiger partial charge on any atom is 0.254 e. The number of nitrogens with zero attached hydrogens (tertiary/aromatic N) is 2. The molecule has 3 N–H and O–H groups in total. The normalized spacial score (nSPS) is 22.3. The van der Waals surface area contributed by atoms with Gasteiger partial charge in [0.05, 0.1) is 13.1 Å². The Morgan fingerprint density at radius 3 is 2.76 bits per heavy atom. The minimum absolute atomic E-state index is 0.102. The maximum atomic E-state index is 12.5. The summed E-state index contributed by atoms with van der Waals surface area (Å²) in [5.74, 6) is 0.637. The summed E-state index contributed by atoms with van der Waals surface area (Å²) in [7, 11) is 0. The zero-order valence-corrected chi connectivity index (χ0v) is 18.1. The predicted octanol–water partition coefficient (Wildman–Crippen LogP) is 1.60. The van der Waals surface area contributed by atoms with Gasteiger partial charge in [-0.25, -0.2) is 4.99 Å². The highest BCUT2D eigenvalue weighted by Crippen LogP contribution is 2.28. The minimum Gasteiger partial charge on any atom is -0.357 e. The van der Waals surface area contributed by atoms with E-state index in [2.05, 4.69) is 29.1 Å². The molecule has 1 saturated heterocycles. The largest absolute Gasteiger partial charge is 0.357 e. The molecular formula is C21H31N5O2S. The summed E-state index contributed by atoms with van der Waals surface area (Å²) in [6.45, 7) is 4.62. The molecule has 8 heteroatoms. The third-order valence-corrected chi connectivity index (χ3v) is 6.44. The van der Waals surface area contributed by atoms with Crippen molar-refractivity contribution in [3.8, 4) is 0 Å². The van der Waals surface area contributed by atoms with Crippen molar-refractivity contribution < 1.29 is 9.59 Å². The summed E-state index contributed by atoms with van der Waals surface area (Å²) in [6, 6.07) is 7.99. The Kier molecular flexibility index (Phi) is 7.80. The van der Waals surface area contributed by atoms with Crippen LogP contribution in [0.2, 0.25) is 0 Å². The van der Waals surface area contributed by atoms with Crippen LogP contribution in [0.1, 0.15) is 42.1 Å². The van der Waals surface area contributed by atoms with Crippen molar-refractivity contribution in [2.75, 3.05) is 32.4 Å². The van der Waals surface area contributed by atoms with Gasteiger partial charge in [-0.3, -0.25) is 9.59 Å². The van der Waals surface area contributed by atoms with E-state index >= 15 is 0 Å². The fourth-order valence-corrected chi connectivity index (χ4v) is 4.51. The van der Waals surface area contributed by atoms with E-state index in [4.69, 9.17) is 4.99 Å². The quantitative estimate of drug-likeness (QED) is 0.484. The predicted molar refractivity (Wildman–Crippen MR) is 118 cm³/mol. The molecule has 1 aromatic rings. The van der Waals surface area contributed by atoms with Gasteiger partial charge in [-0.05, 0) is 50.1 Å². The lowest BCUT2D eigenvalue weighted by atomic mass is 10.1. The number of guanidine groups is 1. The van der Waals surface area contributed by atoms with Crippen LogP contribution in [0, 0.1) is 0 Å². The molecule has 1 aromatic carbocycles. The SMILES string of the molecule is CCNC(=NCc1ccc(C(=O)N2CCNC(=O)C2)cc1)NC1CCC(SC)C1. The van der Waals surface area contributed by atoms with Crippen LogP contribution in [0.5, 0.6) is 0 Å². The van der Waals surface area contributed by atoms with Crippen LogP contribution < -0.4 is 16.0 Å². The Morgan fingerprint density at radius 1 is 1.31 bits per heavy atom. The second-order valence-corrected chi connectivity index (χ2v) is 8.62. The molecule has 0 bridgehead atoms. The van der Waals surface area contributed by atoms with Gasteiger partial charge >= 0.3 is 0 Å². The second kappa shape index (κ2) is 10.5. The smallest absolute Gasteiger partial charge is 0.254 e. The summed E-state index contributed by atoms with van der Waals surface area (Å²) in [5.41, 5.74) is 1.65. The molecule has 0 radical (unpaired) electrons. The molecule has 3 rings (SSSR count). The molecule has 2 amide bonds. The molecule has 0 spiro atoms. The van der Waals surface area contributed by atoms with E-state index in [0.717, 1.165) is 23.3 Å². The fraction of sp³-hybridized carbons (Fsp3) is 0.571. The van der Waals surface area contributed by atoms with Gasteiger partial charge in [0.25, 0.3) is 5.91 Å². The van der Waals surface area contributed by atoms with Crippen molar-refractivity contribution in [3.05, 3.63) is 35.4 Å². The van der Waals surface area contributed by atoms with Crippen LogP contribution in [0.25, 0.3) is 0 Å². The van der Waals surface area contributed by atoms with Crippen LogP contribution in [-0.2, 0) is 11.3 Å². The zero-order chi connectivity index (χ0) is 20.6. The molecule has 158 valence electrons. The first-order valence-corrected chi connectivity index (χ1v) is 11.6. The average Bonchev–Trinajstić information content (AvgIpc) is 3.19. The molecule has 2 fully saturated rings.